The summed E-state index contributed by atoms with van der Waals surface area (Å²) in [7, 11) is 1.99. The fourth-order valence-corrected chi connectivity index (χ4v) is 6.99. The molecule has 0 spiro atoms. The van der Waals surface area contributed by atoms with E-state index in [1.807, 2.05) is 50.4 Å². The highest BCUT2D eigenvalue weighted by atomic mass is 79.9. The van der Waals surface area contributed by atoms with Crippen LogP contribution in [-0.4, -0.2) is 36.0 Å². The van der Waals surface area contributed by atoms with Crippen molar-refractivity contribution in [2.75, 3.05) is 19.0 Å². The zero-order valence-electron chi connectivity index (χ0n) is 20.8. The summed E-state index contributed by atoms with van der Waals surface area (Å²) < 4.78 is 7.16. The highest BCUT2D eigenvalue weighted by molar-refractivity contribution is 9.11. The lowest BCUT2D eigenvalue weighted by molar-refractivity contribution is -0.118. The van der Waals surface area contributed by atoms with Crippen LogP contribution in [0.2, 0.25) is 0 Å². The van der Waals surface area contributed by atoms with Crippen molar-refractivity contribution in [3.8, 4) is 5.75 Å². The van der Waals surface area contributed by atoms with Gasteiger partial charge in [-0.25, -0.2) is 0 Å². The molecule has 37 heavy (non-hydrogen) atoms. The van der Waals surface area contributed by atoms with Crippen LogP contribution in [0.1, 0.15) is 55.6 Å². The van der Waals surface area contributed by atoms with Crippen molar-refractivity contribution in [3.05, 3.63) is 79.0 Å². The first-order valence-corrected chi connectivity index (χ1v) is 14.1. The van der Waals surface area contributed by atoms with Crippen LogP contribution < -0.4 is 10.1 Å². The zero-order valence-corrected chi connectivity index (χ0v) is 24.0. The van der Waals surface area contributed by atoms with E-state index in [1.165, 1.54) is 0 Å². The lowest BCUT2D eigenvalue weighted by Gasteiger charge is -2.42. The molecule has 1 amide bonds. The number of hydrogen-bond acceptors (Lipinski definition) is 5. The minimum absolute atomic E-state index is 0.114. The molecule has 0 saturated carbocycles. The highest BCUT2D eigenvalue weighted by Gasteiger charge is 2.42. The van der Waals surface area contributed by atoms with Crippen molar-refractivity contribution >= 4 is 55.0 Å². The smallest absolute Gasteiger partial charge is 0.262 e. The zero-order chi connectivity index (χ0) is 26.3. The molecule has 2 aliphatic carbocycles. The van der Waals surface area contributed by atoms with Gasteiger partial charge in [0.25, 0.3) is 5.91 Å². The number of nitrogens with zero attached hydrogens (tertiary/aromatic N) is 1. The summed E-state index contributed by atoms with van der Waals surface area (Å²) in [4.78, 5) is 41.0. The number of hydrogen-bond donors (Lipinski definition) is 1. The summed E-state index contributed by atoms with van der Waals surface area (Å²) in [6.07, 6.45) is 4.32. The van der Waals surface area contributed by atoms with Crippen molar-refractivity contribution in [1.82, 2.24) is 4.90 Å². The Morgan fingerprint density at radius 3 is 2.03 bits per heavy atom. The van der Waals surface area contributed by atoms with Gasteiger partial charge in [-0.05, 0) is 94.3 Å². The SMILES string of the molecule is Cc1ccc(NC(=O)COc2c(Br)cc(C3C4=C(CCCC4=O)N(C)C4=C3C(=O)CCC4)cc2Br)cc1. The van der Waals surface area contributed by atoms with Gasteiger partial charge in [-0.15, -0.1) is 0 Å². The summed E-state index contributed by atoms with van der Waals surface area (Å²) >= 11 is 7.22. The number of ether oxygens (including phenoxy) is 1. The average Bonchev–Trinajstić information content (AvgIpc) is 2.86. The van der Waals surface area contributed by atoms with E-state index < -0.39 is 5.92 Å². The van der Waals surface area contributed by atoms with E-state index in [0.717, 1.165) is 59.4 Å². The third-order valence-electron chi connectivity index (χ3n) is 7.28. The van der Waals surface area contributed by atoms with Crippen LogP contribution in [0.3, 0.4) is 0 Å². The first-order chi connectivity index (χ1) is 17.7. The number of anilines is 1. The number of Topliss-reactive ketones (excluding diaryl/α,β-unsaturated/α-hetero) is 2. The minimum atomic E-state index is -0.395. The molecule has 5 rings (SSSR count). The summed E-state index contributed by atoms with van der Waals surface area (Å²) in [6.45, 7) is 1.82. The number of benzene rings is 2. The summed E-state index contributed by atoms with van der Waals surface area (Å²) in [6, 6.07) is 11.4. The molecule has 2 aromatic carbocycles. The first kappa shape index (κ1) is 25.9. The molecule has 3 aliphatic rings. The van der Waals surface area contributed by atoms with E-state index >= 15 is 0 Å². The number of amides is 1. The molecule has 0 bridgehead atoms. The van der Waals surface area contributed by atoms with E-state index in [9.17, 15) is 14.4 Å². The van der Waals surface area contributed by atoms with Crippen LogP contribution in [-0.2, 0) is 14.4 Å². The van der Waals surface area contributed by atoms with Crippen LogP contribution in [0.4, 0.5) is 5.69 Å². The molecule has 6 nitrogen and oxygen atoms in total. The van der Waals surface area contributed by atoms with Crippen LogP contribution >= 0.6 is 31.9 Å². The molecule has 8 heteroatoms. The van der Waals surface area contributed by atoms with E-state index in [2.05, 4.69) is 42.1 Å². The van der Waals surface area contributed by atoms with Gasteiger partial charge in [-0.2, -0.15) is 0 Å². The van der Waals surface area contributed by atoms with Gasteiger partial charge in [0.2, 0.25) is 0 Å². The molecule has 1 N–H and O–H groups in total. The molecule has 0 radical (unpaired) electrons. The molecule has 0 fully saturated rings. The Hall–Kier alpha value is -2.71. The maximum Gasteiger partial charge on any atom is 0.262 e. The Balaban J connectivity index is 1.44. The Kier molecular flexibility index (Phi) is 7.41. The number of carbonyl (C=O) groups is 3. The van der Waals surface area contributed by atoms with E-state index in [1.54, 1.807) is 0 Å². The standard InChI is InChI=1S/C29H28Br2N2O4/c1-16-9-11-18(12-10-16)32-25(36)15-37-29-19(30)13-17(14-20(29)31)26-27-21(5-3-7-23(27)34)33(2)22-6-4-8-24(35)28(22)26/h9-14,26H,3-8,15H2,1-2H3,(H,32,36). The number of ketones is 2. The van der Waals surface area contributed by atoms with Gasteiger partial charge in [0.05, 0.1) is 8.95 Å². The quantitative estimate of drug-likeness (QED) is 0.405. The average molecular weight is 628 g/mol. The van der Waals surface area contributed by atoms with Crippen molar-refractivity contribution < 1.29 is 19.1 Å². The molecule has 192 valence electrons. The van der Waals surface area contributed by atoms with E-state index in [-0.39, 0.29) is 24.1 Å². The van der Waals surface area contributed by atoms with Crippen molar-refractivity contribution in [2.24, 2.45) is 0 Å². The van der Waals surface area contributed by atoms with Crippen LogP contribution in [0, 0.1) is 6.92 Å². The van der Waals surface area contributed by atoms with Crippen LogP contribution in [0.5, 0.6) is 5.75 Å². The largest absolute Gasteiger partial charge is 0.481 e. The maximum atomic E-state index is 13.2. The van der Waals surface area contributed by atoms with Gasteiger partial charge in [0.15, 0.2) is 18.2 Å². The molecule has 1 heterocycles. The Morgan fingerprint density at radius 1 is 0.946 bits per heavy atom. The van der Waals surface area contributed by atoms with Gasteiger partial charge >= 0.3 is 0 Å². The number of carbonyl (C=O) groups excluding carboxylic acids is 3. The third-order valence-corrected chi connectivity index (χ3v) is 8.46. The highest BCUT2D eigenvalue weighted by Crippen LogP contribution is 2.50. The monoisotopic (exact) mass is 626 g/mol. The number of nitrogens with one attached hydrogen (secondary N) is 1. The summed E-state index contributed by atoms with van der Waals surface area (Å²) in [5, 5.41) is 2.83. The van der Waals surface area contributed by atoms with Gasteiger partial charge in [0, 0.05) is 54.0 Å². The number of aryl methyl sites for hydroxylation is 1. The predicted molar refractivity (Wildman–Crippen MR) is 149 cm³/mol. The second-order valence-corrected chi connectivity index (χ2v) is 11.5. The fraction of sp³-hybridized carbons (Fsp3) is 0.345. The molecule has 0 saturated heterocycles. The van der Waals surface area contributed by atoms with Crippen LogP contribution in [0.15, 0.2) is 67.9 Å². The predicted octanol–water partition coefficient (Wildman–Crippen LogP) is 6.58. The molecular weight excluding hydrogens is 600 g/mol. The second kappa shape index (κ2) is 10.6. The van der Waals surface area contributed by atoms with Crippen molar-refractivity contribution in [3.63, 3.8) is 0 Å². The van der Waals surface area contributed by atoms with E-state index in [0.29, 0.717) is 33.2 Å². The van der Waals surface area contributed by atoms with Crippen LogP contribution in [0.25, 0.3) is 0 Å². The third kappa shape index (κ3) is 5.06. The molecular formula is C29H28Br2N2O4. The lowest BCUT2D eigenvalue weighted by Crippen LogP contribution is -2.37. The number of allylic oxidation sites excluding steroid dienone is 4. The maximum absolute atomic E-state index is 13.2. The molecule has 0 atom stereocenters. The molecule has 2 aromatic rings. The number of rotatable bonds is 5. The van der Waals surface area contributed by atoms with Crippen molar-refractivity contribution in [2.45, 2.75) is 51.4 Å². The first-order valence-electron chi connectivity index (χ1n) is 12.5. The van der Waals surface area contributed by atoms with Gasteiger partial charge in [-0.1, -0.05) is 17.7 Å². The number of halogens is 2. The van der Waals surface area contributed by atoms with E-state index in [4.69, 9.17) is 4.74 Å². The second-order valence-electron chi connectivity index (χ2n) is 9.78. The van der Waals surface area contributed by atoms with Gasteiger partial charge in [0.1, 0.15) is 5.75 Å². The topological polar surface area (TPSA) is 75.7 Å². The van der Waals surface area contributed by atoms with Crippen molar-refractivity contribution in [1.29, 1.82) is 0 Å². The summed E-state index contributed by atoms with van der Waals surface area (Å²) in [5.41, 5.74) is 6.24. The van der Waals surface area contributed by atoms with Gasteiger partial charge < -0.3 is 15.0 Å². The minimum Gasteiger partial charge on any atom is -0.481 e. The normalized spacial score (nSPS) is 18.1. The summed E-state index contributed by atoms with van der Waals surface area (Å²) in [5.74, 6) is 0.0522. The Bertz CT molecular complexity index is 1290. The Labute approximate surface area is 233 Å². The molecule has 1 aliphatic heterocycles. The molecule has 0 aromatic heterocycles. The molecule has 0 unspecified atom stereocenters. The lowest BCUT2D eigenvalue weighted by atomic mass is 9.71. The Morgan fingerprint density at radius 2 is 1.49 bits per heavy atom. The fourth-order valence-electron chi connectivity index (χ4n) is 5.54. The van der Waals surface area contributed by atoms with Gasteiger partial charge in [-0.3, -0.25) is 14.4 Å².